The number of halogens is 3. The highest BCUT2D eigenvalue weighted by atomic mass is 19.4. The Morgan fingerprint density at radius 3 is 2.59 bits per heavy atom. The Bertz CT molecular complexity index is 401. The number of carboxylic acids is 1. The molecule has 0 aliphatic rings. The zero-order valence-corrected chi connectivity index (χ0v) is 8.99. The summed E-state index contributed by atoms with van der Waals surface area (Å²) in [6.07, 6.45) is -5.70. The summed E-state index contributed by atoms with van der Waals surface area (Å²) in [7, 11) is 1.26. The predicted octanol–water partition coefficient (Wildman–Crippen LogP) is 2.87. The van der Waals surface area contributed by atoms with Gasteiger partial charge in [-0.2, -0.15) is 13.2 Å². The van der Waals surface area contributed by atoms with Crippen LogP contribution in [0.25, 0.3) is 0 Å². The molecule has 1 aromatic carbocycles. The second kappa shape index (κ2) is 5.18. The second-order valence-corrected chi connectivity index (χ2v) is 3.45. The summed E-state index contributed by atoms with van der Waals surface area (Å²) in [5, 5.41) is 8.60. The largest absolute Gasteiger partial charge is 0.481 e. The lowest BCUT2D eigenvalue weighted by molar-refractivity contribution is -0.139. The molecule has 0 aliphatic carbocycles. The third-order valence-corrected chi connectivity index (χ3v) is 2.23. The molecule has 0 heterocycles. The summed E-state index contributed by atoms with van der Waals surface area (Å²) >= 11 is 0. The molecule has 17 heavy (non-hydrogen) atoms. The van der Waals surface area contributed by atoms with Gasteiger partial charge in [-0.15, -0.1) is 0 Å². The lowest BCUT2D eigenvalue weighted by atomic mass is 10.0. The third-order valence-electron chi connectivity index (χ3n) is 2.23. The third kappa shape index (κ3) is 3.74. The number of hydrogen-bond donors (Lipinski definition) is 1. The number of alkyl halides is 3. The molecule has 0 fully saturated rings. The lowest BCUT2D eigenvalue weighted by Gasteiger charge is -2.15. The molecule has 0 radical (unpaired) electrons. The fourth-order valence-electron chi connectivity index (χ4n) is 1.41. The highest BCUT2D eigenvalue weighted by Gasteiger charge is 2.31. The topological polar surface area (TPSA) is 46.5 Å². The number of rotatable bonds is 4. The number of carbonyl (C=O) groups is 1. The van der Waals surface area contributed by atoms with E-state index >= 15 is 0 Å². The average Bonchev–Trinajstić information content (AvgIpc) is 2.24. The van der Waals surface area contributed by atoms with Crippen LogP contribution in [0.15, 0.2) is 24.3 Å². The Morgan fingerprint density at radius 1 is 1.47 bits per heavy atom. The van der Waals surface area contributed by atoms with E-state index < -0.39 is 23.8 Å². The minimum atomic E-state index is -4.45. The van der Waals surface area contributed by atoms with Gasteiger partial charge in [0, 0.05) is 7.11 Å². The summed E-state index contributed by atoms with van der Waals surface area (Å²) in [6.45, 7) is 0. The monoisotopic (exact) mass is 248 g/mol. The van der Waals surface area contributed by atoms with Gasteiger partial charge in [0.1, 0.15) is 0 Å². The molecule has 3 nitrogen and oxygen atoms in total. The summed E-state index contributed by atoms with van der Waals surface area (Å²) in [4.78, 5) is 10.5. The van der Waals surface area contributed by atoms with Gasteiger partial charge in [0.2, 0.25) is 0 Å². The van der Waals surface area contributed by atoms with Crippen molar-refractivity contribution in [1.29, 1.82) is 0 Å². The summed E-state index contributed by atoms with van der Waals surface area (Å²) in [6, 6.07) is 4.46. The van der Waals surface area contributed by atoms with Crippen LogP contribution in [0.1, 0.15) is 23.7 Å². The molecule has 0 spiro atoms. The minimum absolute atomic E-state index is 0.199. The van der Waals surface area contributed by atoms with Crippen LogP contribution in [0.5, 0.6) is 0 Å². The standard InChI is InChI=1S/C11H11F3O3/c1-17-9(6-10(15)16)7-3-2-4-8(5-7)11(12,13)14/h2-5,9H,6H2,1H3,(H,15,16). The highest BCUT2D eigenvalue weighted by molar-refractivity contribution is 5.67. The summed E-state index contributed by atoms with van der Waals surface area (Å²) in [5.41, 5.74) is -0.618. The first-order valence-corrected chi connectivity index (χ1v) is 4.76. The van der Waals surface area contributed by atoms with Crippen LogP contribution < -0.4 is 0 Å². The Labute approximate surface area is 95.8 Å². The van der Waals surface area contributed by atoms with Crippen molar-refractivity contribution in [3.8, 4) is 0 Å². The highest BCUT2D eigenvalue weighted by Crippen LogP contribution is 2.31. The van der Waals surface area contributed by atoms with Crippen molar-refractivity contribution < 1.29 is 27.8 Å². The minimum Gasteiger partial charge on any atom is -0.481 e. The zero-order chi connectivity index (χ0) is 13.1. The first-order valence-electron chi connectivity index (χ1n) is 4.76. The maximum absolute atomic E-state index is 12.4. The molecule has 0 saturated heterocycles. The number of carboxylic acid groups (broad SMARTS) is 1. The number of methoxy groups -OCH3 is 1. The van der Waals surface area contributed by atoms with E-state index in [2.05, 4.69) is 0 Å². The molecular formula is C11H11F3O3. The smallest absolute Gasteiger partial charge is 0.416 e. The molecule has 6 heteroatoms. The predicted molar refractivity (Wildman–Crippen MR) is 53.4 cm³/mol. The Balaban J connectivity index is 3.01. The van der Waals surface area contributed by atoms with Gasteiger partial charge in [0.15, 0.2) is 0 Å². The van der Waals surface area contributed by atoms with Gasteiger partial charge in [0.25, 0.3) is 0 Å². The molecule has 1 N–H and O–H groups in total. The molecule has 0 amide bonds. The van der Waals surface area contributed by atoms with Crippen molar-refractivity contribution in [2.75, 3.05) is 7.11 Å². The summed E-state index contributed by atoms with van der Waals surface area (Å²) < 4.78 is 42.2. The number of benzene rings is 1. The molecule has 1 rings (SSSR count). The first kappa shape index (κ1) is 13.5. The summed E-state index contributed by atoms with van der Waals surface area (Å²) in [5.74, 6) is -1.13. The van der Waals surface area contributed by atoms with Gasteiger partial charge in [-0.25, -0.2) is 0 Å². The van der Waals surface area contributed by atoms with Gasteiger partial charge >= 0.3 is 12.1 Å². The fraction of sp³-hybridized carbons (Fsp3) is 0.364. The van der Waals surface area contributed by atoms with Crippen molar-refractivity contribution >= 4 is 5.97 Å². The van der Waals surface area contributed by atoms with Gasteiger partial charge in [0.05, 0.1) is 18.1 Å². The average molecular weight is 248 g/mol. The van der Waals surface area contributed by atoms with E-state index in [0.717, 1.165) is 12.1 Å². The molecule has 0 aliphatic heterocycles. The van der Waals surface area contributed by atoms with E-state index in [1.165, 1.54) is 19.2 Å². The number of ether oxygens (including phenoxy) is 1. The van der Waals surface area contributed by atoms with Crippen LogP contribution in [0.3, 0.4) is 0 Å². The van der Waals surface area contributed by atoms with E-state index in [9.17, 15) is 18.0 Å². The van der Waals surface area contributed by atoms with Crippen molar-refractivity contribution in [3.05, 3.63) is 35.4 Å². The van der Waals surface area contributed by atoms with Crippen LogP contribution >= 0.6 is 0 Å². The SMILES string of the molecule is COC(CC(=O)O)c1cccc(C(F)(F)F)c1. The van der Waals surface area contributed by atoms with Gasteiger partial charge in [-0.3, -0.25) is 4.79 Å². The van der Waals surface area contributed by atoms with E-state index in [1.54, 1.807) is 0 Å². The zero-order valence-electron chi connectivity index (χ0n) is 8.99. The van der Waals surface area contributed by atoms with Crippen LogP contribution in [0.2, 0.25) is 0 Å². The van der Waals surface area contributed by atoms with Gasteiger partial charge in [-0.1, -0.05) is 12.1 Å². The molecule has 1 unspecified atom stereocenters. The van der Waals surface area contributed by atoms with Gasteiger partial charge in [-0.05, 0) is 17.7 Å². The Hall–Kier alpha value is -1.56. The first-order chi connectivity index (χ1) is 7.84. The van der Waals surface area contributed by atoms with Crippen LogP contribution in [0.4, 0.5) is 13.2 Å². The Kier molecular flexibility index (Phi) is 4.11. The Morgan fingerprint density at radius 2 is 2.12 bits per heavy atom. The van der Waals surface area contributed by atoms with E-state index in [0.29, 0.717) is 0 Å². The normalized spacial score (nSPS) is 13.4. The van der Waals surface area contributed by atoms with Gasteiger partial charge < -0.3 is 9.84 Å². The number of aliphatic carboxylic acids is 1. The number of hydrogen-bond acceptors (Lipinski definition) is 2. The van der Waals surface area contributed by atoms with Crippen molar-refractivity contribution in [3.63, 3.8) is 0 Å². The quantitative estimate of drug-likeness (QED) is 0.891. The molecule has 0 aromatic heterocycles. The maximum atomic E-state index is 12.4. The second-order valence-electron chi connectivity index (χ2n) is 3.45. The van der Waals surface area contributed by atoms with E-state index in [4.69, 9.17) is 9.84 Å². The van der Waals surface area contributed by atoms with Crippen molar-refractivity contribution in [2.45, 2.75) is 18.7 Å². The van der Waals surface area contributed by atoms with Crippen LogP contribution in [-0.2, 0) is 15.7 Å². The van der Waals surface area contributed by atoms with Crippen LogP contribution in [0, 0.1) is 0 Å². The molecule has 94 valence electrons. The van der Waals surface area contributed by atoms with Crippen molar-refractivity contribution in [1.82, 2.24) is 0 Å². The fourth-order valence-corrected chi connectivity index (χ4v) is 1.41. The van der Waals surface area contributed by atoms with Crippen LogP contribution in [-0.4, -0.2) is 18.2 Å². The van der Waals surface area contributed by atoms with E-state index in [-0.39, 0.29) is 12.0 Å². The van der Waals surface area contributed by atoms with Crippen molar-refractivity contribution in [2.24, 2.45) is 0 Å². The molecule has 0 bridgehead atoms. The molecule has 1 aromatic rings. The maximum Gasteiger partial charge on any atom is 0.416 e. The molecule has 0 saturated carbocycles. The molecule has 1 atom stereocenters. The van der Waals surface area contributed by atoms with E-state index in [1.807, 2.05) is 0 Å². The lowest BCUT2D eigenvalue weighted by Crippen LogP contribution is -2.10. The molecular weight excluding hydrogens is 237 g/mol.